The van der Waals surface area contributed by atoms with Gasteiger partial charge >= 0.3 is 0 Å². The zero-order chi connectivity index (χ0) is 10.3. The molecule has 2 rings (SSSR count). The molecule has 0 fully saturated rings. The summed E-state index contributed by atoms with van der Waals surface area (Å²) in [5.41, 5.74) is 1.82. The van der Waals surface area contributed by atoms with Gasteiger partial charge in [-0.2, -0.15) is 0 Å². The molecule has 2 aromatic heterocycles. The molecular weight excluding hydrogens is 218 g/mol. The van der Waals surface area contributed by atoms with E-state index in [0.717, 1.165) is 11.0 Å². The number of hydrogen-bond acceptors (Lipinski definition) is 2. The second-order valence-electron chi connectivity index (χ2n) is 3.41. The van der Waals surface area contributed by atoms with E-state index in [9.17, 15) is 0 Å². The number of rotatable bonds is 1. The fourth-order valence-corrected chi connectivity index (χ4v) is 2.20. The first-order valence-corrected chi connectivity index (χ1v) is 5.13. The van der Waals surface area contributed by atoms with Crippen LogP contribution in [0.1, 0.15) is 19.9 Å². The molecule has 0 unspecified atom stereocenters. The zero-order valence-electron chi connectivity index (χ0n) is 7.91. The average Bonchev–Trinajstić information content (AvgIpc) is 2.42. The van der Waals surface area contributed by atoms with Gasteiger partial charge in [0.25, 0.3) is 0 Å². The molecule has 14 heavy (non-hydrogen) atoms. The number of fused-ring (bicyclic) bond motifs is 1. The number of H-pyrrole nitrogens is 1. The van der Waals surface area contributed by atoms with E-state index < -0.39 is 0 Å². The third kappa shape index (κ3) is 1.35. The van der Waals surface area contributed by atoms with Gasteiger partial charge in [-0.25, -0.2) is 0 Å². The van der Waals surface area contributed by atoms with Crippen LogP contribution in [0.3, 0.4) is 0 Å². The van der Waals surface area contributed by atoms with Crippen LogP contribution >= 0.6 is 23.8 Å². The lowest BCUT2D eigenvalue weighted by atomic mass is 10.3. The van der Waals surface area contributed by atoms with Crippen LogP contribution in [0.5, 0.6) is 0 Å². The fraction of sp³-hybridized carbons (Fsp3) is 0.333. The largest absolute Gasteiger partial charge is 0.329 e. The van der Waals surface area contributed by atoms with Crippen molar-refractivity contribution in [2.24, 2.45) is 0 Å². The number of pyridine rings is 1. The van der Waals surface area contributed by atoms with Crippen LogP contribution in [0, 0.1) is 4.77 Å². The van der Waals surface area contributed by atoms with Gasteiger partial charge in [-0.1, -0.05) is 11.6 Å². The van der Waals surface area contributed by atoms with Crippen LogP contribution in [0.15, 0.2) is 12.4 Å². The normalized spacial score (nSPS) is 11.4. The average molecular weight is 228 g/mol. The minimum absolute atomic E-state index is 0.288. The van der Waals surface area contributed by atoms with E-state index in [2.05, 4.69) is 23.8 Å². The summed E-state index contributed by atoms with van der Waals surface area (Å²) in [4.78, 5) is 7.08. The van der Waals surface area contributed by atoms with Gasteiger partial charge in [-0.3, -0.25) is 4.98 Å². The maximum absolute atomic E-state index is 6.07. The van der Waals surface area contributed by atoms with E-state index in [-0.39, 0.29) is 6.04 Å². The van der Waals surface area contributed by atoms with E-state index >= 15 is 0 Å². The SMILES string of the molecule is CC(C)n1c(=S)[nH]c2cncc(Cl)c21. The molecule has 0 aliphatic carbocycles. The highest BCUT2D eigenvalue weighted by molar-refractivity contribution is 7.71. The van der Waals surface area contributed by atoms with E-state index in [4.69, 9.17) is 23.8 Å². The van der Waals surface area contributed by atoms with Crippen LogP contribution in [0.2, 0.25) is 5.02 Å². The van der Waals surface area contributed by atoms with Crippen LogP contribution in [0.4, 0.5) is 0 Å². The van der Waals surface area contributed by atoms with Crippen molar-refractivity contribution in [1.29, 1.82) is 0 Å². The van der Waals surface area contributed by atoms with Crippen LogP contribution in [-0.4, -0.2) is 14.5 Å². The summed E-state index contributed by atoms with van der Waals surface area (Å²) in [6.07, 6.45) is 3.36. The lowest BCUT2D eigenvalue weighted by Gasteiger charge is -2.08. The molecule has 5 heteroatoms. The van der Waals surface area contributed by atoms with Gasteiger partial charge < -0.3 is 9.55 Å². The molecule has 1 N–H and O–H groups in total. The molecule has 0 aromatic carbocycles. The Balaban J connectivity index is 2.94. The van der Waals surface area contributed by atoms with Gasteiger partial charge in [0.05, 0.1) is 22.3 Å². The molecule has 74 valence electrons. The molecule has 0 spiro atoms. The van der Waals surface area contributed by atoms with Gasteiger partial charge in [0.15, 0.2) is 4.77 Å². The summed E-state index contributed by atoms with van der Waals surface area (Å²) < 4.78 is 2.68. The number of nitrogens with one attached hydrogen (secondary N) is 1. The minimum atomic E-state index is 0.288. The molecular formula is C9H10ClN3S. The highest BCUT2D eigenvalue weighted by Gasteiger charge is 2.10. The smallest absolute Gasteiger partial charge is 0.178 e. The van der Waals surface area contributed by atoms with E-state index in [1.807, 2.05) is 4.57 Å². The van der Waals surface area contributed by atoms with Gasteiger partial charge in [0.2, 0.25) is 0 Å². The highest BCUT2D eigenvalue weighted by Crippen LogP contribution is 2.24. The summed E-state index contributed by atoms with van der Waals surface area (Å²) in [6.45, 7) is 4.14. The van der Waals surface area contributed by atoms with E-state index in [1.165, 1.54) is 0 Å². The first-order valence-electron chi connectivity index (χ1n) is 4.35. The Kier molecular flexibility index (Phi) is 2.33. The predicted molar refractivity (Wildman–Crippen MR) is 60.3 cm³/mol. The lowest BCUT2D eigenvalue weighted by molar-refractivity contribution is 0.610. The first kappa shape index (κ1) is 9.68. The zero-order valence-corrected chi connectivity index (χ0v) is 9.49. The van der Waals surface area contributed by atoms with Crippen molar-refractivity contribution in [2.75, 3.05) is 0 Å². The monoisotopic (exact) mass is 227 g/mol. The molecule has 0 aliphatic heterocycles. The van der Waals surface area contributed by atoms with Crippen molar-refractivity contribution >= 4 is 34.9 Å². The Labute approximate surface area is 91.7 Å². The Morgan fingerprint density at radius 3 is 2.86 bits per heavy atom. The van der Waals surface area contributed by atoms with Gasteiger partial charge in [0, 0.05) is 12.2 Å². The molecule has 0 bridgehead atoms. The Morgan fingerprint density at radius 1 is 1.50 bits per heavy atom. The molecule has 0 atom stereocenters. The molecule has 0 saturated heterocycles. The maximum Gasteiger partial charge on any atom is 0.178 e. The van der Waals surface area contributed by atoms with Crippen molar-refractivity contribution in [3.05, 3.63) is 22.2 Å². The summed E-state index contributed by atoms with van der Waals surface area (Å²) in [7, 11) is 0. The molecule has 2 heterocycles. The van der Waals surface area contributed by atoms with Gasteiger partial charge in [-0.15, -0.1) is 0 Å². The summed E-state index contributed by atoms with van der Waals surface area (Å²) >= 11 is 11.3. The van der Waals surface area contributed by atoms with Crippen LogP contribution in [-0.2, 0) is 0 Å². The summed E-state index contributed by atoms with van der Waals surface area (Å²) in [5, 5.41) is 0.628. The number of hydrogen-bond donors (Lipinski definition) is 1. The Bertz CT molecular complexity index is 526. The number of imidazole rings is 1. The van der Waals surface area contributed by atoms with E-state index in [1.54, 1.807) is 12.4 Å². The van der Waals surface area contributed by atoms with Gasteiger partial charge in [-0.05, 0) is 26.1 Å². The first-order chi connectivity index (χ1) is 6.61. The predicted octanol–water partition coefficient (Wildman–Crippen LogP) is 3.33. The van der Waals surface area contributed by atoms with Crippen molar-refractivity contribution in [1.82, 2.24) is 14.5 Å². The van der Waals surface area contributed by atoms with E-state index in [0.29, 0.717) is 9.79 Å². The molecule has 3 nitrogen and oxygen atoms in total. The molecule has 0 radical (unpaired) electrons. The quantitative estimate of drug-likeness (QED) is 0.759. The number of aromatic amines is 1. The Morgan fingerprint density at radius 2 is 2.21 bits per heavy atom. The highest BCUT2D eigenvalue weighted by atomic mass is 35.5. The number of aromatic nitrogens is 3. The third-order valence-corrected chi connectivity index (χ3v) is 2.67. The summed E-state index contributed by atoms with van der Waals surface area (Å²) in [5.74, 6) is 0. The Hall–Kier alpha value is -0.870. The molecule has 2 aromatic rings. The fourth-order valence-electron chi connectivity index (χ4n) is 1.53. The minimum Gasteiger partial charge on any atom is -0.329 e. The topological polar surface area (TPSA) is 33.6 Å². The second kappa shape index (κ2) is 3.37. The number of nitrogens with zero attached hydrogens (tertiary/aromatic N) is 2. The van der Waals surface area contributed by atoms with Crippen molar-refractivity contribution in [3.63, 3.8) is 0 Å². The summed E-state index contributed by atoms with van der Waals surface area (Å²) in [6, 6.07) is 0.288. The van der Waals surface area contributed by atoms with Crippen LogP contribution in [0.25, 0.3) is 11.0 Å². The maximum atomic E-state index is 6.07. The lowest BCUT2D eigenvalue weighted by Crippen LogP contribution is -2.00. The molecule has 0 amide bonds. The van der Waals surface area contributed by atoms with Gasteiger partial charge in [0.1, 0.15) is 0 Å². The van der Waals surface area contributed by atoms with Crippen molar-refractivity contribution in [2.45, 2.75) is 19.9 Å². The molecule has 0 aliphatic rings. The standard InChI is InChI=1S/C9H10ClN3S/c1-5(2)13-8-6(10)3-11-4-7(8)12-9(13)14/h3-5H,1-2H3,(H,12,14). The van der Waals surface area contributed by atoms with Crippen molar-refractivity contribution < 1.29 is 0 Å². The van der Waals surface area contributed by atoms with Crippen molar-refractivity contribution in [3.8, 4) is 0 Å². The van der Waals surface area contributed by atoms with Crippen LogP contribution < -0.4 is 0 Å². The second-order valence-corrected chi connectivity index (χ2v) is 4.21. The third-order valence-electron chi connectivity index (χ3n) is 2.09. The molecule has 0 saturated carbocycles. The number of halogens is 1.